The molecule has 8 heteroatoms. The first-order valence-corrected chi connectivity index (χ1v) is 8.41. The van der Waals surface area contributed by atoms with Crippen LogP contribution in [-0.2, 0) is 4.79 Å². The SMILES string of the molecule is COc1ccc(Cl)cc1N1C[C@@H](c2nc(-c3ccncc3)no2)CC1=O. The Morgan fingerprint density at radius 2 is 2.08 bits per heavy atom. The van der Waals surface area contributed by atoms with E-state index in [4.69, 9.17) is 20.9 Å². The Morgan fingerprint density at radius 1 is 1.27 bits per heavy atom. The fraction of sp³-hybridized carbons (Fsp3) is 0.222. The van der Waals surface area contributed by atoms with E-state index >= 15 is 0 Å². The van der Waals surface area contributed by atoms with Crippen molar-refractivity contribution in [3.63, 3.8) is 0 Å². The molecule has 3 heterocycles. The Kier molecular flexibility index (Phi) is 4.30. The molecular weight excluding hydrogens is 356 g/mol. The maximum Gasteiger partial charge on any atom is 0.232 e. The van der Waals surface area contributed by atoms with Crippen LogP contribution >= 0.6 is 11.6 Å². The Morgan fingerprint density at radius 3 is 2.85 bits per heavy atom. The van der Waals surface area contributed by atoms with E-state index in [1.54, 1.807) is 54.7 Å². The number of nitrogens with zero attached hydrogens (tertiary/aromatic N) is 4. The number of carbonyl (C=O) groups excluding carboxylic acids is 1. The molecule has 0 N–H and O–H groups in total. The van der Waals surface area contributed by atoms with Crippen LogP contribution in [0.1, 0.15) is 18.2 Å². The minimum Gasteiger partial charge on any atom is -0.495 e. The first-order chi connectivity index (χ1) is 12.7. The van der Waals surface area contributed by atoms with Gasteiger partial charge in [-0.3, -0.25) is 9.78 Å². The van der Waals surface area contributed by atoms with Gasteiger partial charge >= 0.3 is 0 Å². The predicted molar refractivity (Wildman–Crippen MR) is 95.2 cm³/mol. The van der Waals surface area contributed by atoms with E-state index in [0.29, 0.717) is 34.7 Å². The summed E-state index contributed by atoms with van der Waals surface area (Å²) in [6, 6.07) is 8.79. The highest BCUT2D eigenvalue weighted by molar-refractivity contribution is 6.31. The second-order valence-corrected chi connectivity index (χ2v) is 6.35. The summed E-state index contributed by atoms with van der Waals surface area (Å²) in [5, 5.41) is 4.55. The lowest BCUT2D eigenvalue weighted by atomic mass is 10.1. The molecule has 0 aliphatic carbocycles. The van der Waals surface area contributed by atoms with Crippen molar-refractivity contribution in [1.82, 2.24) is 15.1 Å². The number of hydrogen-bond donors (Lipinski definition) is 0. The van der Waals surface area contributed by atoms with Gasteiger partial charge in [0, 0.05) is 35.9 Å². The monoisotopic (exact) mass is 370 g/mol. The summed E-state index contributed by atoms with van der Waals surface area (Å²) in [4.78, 5) is 22.6. The summed E-state index contributed by atoms with van der Waals surface area (Å²) in [6.45, 7) is 0.424. The average Bonchev–Trinajstić information content (AvgIpc) is 3.29. The summed E-state index contributed by atoms with van der Waals surface area (Å²) in [7, 11) is 1.56. The molecule has 1 aromatic carbocycles. The van der Waals surface area contributed by atoms with Gasteiger partial charge in [0.1, 0.15) is 5.75 Å². The summed E-state index contributed by atoms with van der Waals surface area (Å²) in [6.07, 6.45) is 3.61. The normalized spacial score (nSPS) is 16.9. The molecule has 4 rings (SSSR count). The maximum absolute atomic E-state index is 12.5. The molecule has 132 valence electrons. The zero-order valence-electron chi connectivity index (χ0n) is 13.9. The van der Waals surface area contributed by atoms with E-state index in [9.17, 15) is 4.79 Å². The van der Waals surface area contributed by atoms with Crippen molar-refractivity contribution in [2.24, 2.45) is 0 Å². The van der Waals surface area contributed by atoms with E-state index in [0.717, 1.165) is 5.56 Å². The van der Waals surface area contributed by atoms with Crippen molar-refractivity contribution >= 4 is 23.2 Å². The van der Waals surface area contributed by atoms with Gasteiger partial charge in [0.25, 0.3) is 0 Å². The predicted octanol–water partition coefficient (Wildman–Crippen LogP) is 3.31. The summed E-state index contributed by atoms with van der Waals surface area (Å²) >= 11 is 6.09. The number of methoxy groups -OCH3 is 1. The van der Waals surface area contributed by atoms with Gasteiger partial charge in [-0.05, 0) is 30.3 Å². The van der Waals surface area contributed by atoms with E-state index < -0.39 is 0 Å². The Hall–Kier alpha value is -2.93. The van der Waals surface area contributed by atoms with Crippen molar-refractivity contribution in [2.75, 3.05) is 18.6 Å². The lowest BCUT2D eigenvalue weighted by molar-refractivity contribution is -0.117. The Bertz CT molecular complexity index is 945. The highest BCUT2D eigenvalue weighted by Gasteiger charge is 2.36. The number of rotatable bonds is 4. The number of carbonyl (C=O) groups is 1. The number of benzene rings is 1. The third-order valence-electron chi connectivity index (χ3n) is 4.29. The molecule has 2 aromatic heterocycles. The molecule has 0 bridgehead atoms. The van der Waals surface area contributed by atoms with E-state index in [1.165, 1.54) is 0 Å². The second-order valence-electron chi connectivity index (χ2n) is 5.91. The smallest absolute Gasteiger partial charge is 0.232 e. The standard InChI is InChI=1S/C18H15ClN4O3/c1-25-15-3-2-13(19)9-14(15)23-10-12(8-16(23)24)18-21-17(22-26-18)11-4-6-20-7-5-11/h2-7,9,12H,8,10H2,1H3/t12-/m0/s1. The van der Waals surface area contributed by atoms with Crippen molar-refractivity contribution < 1.29 is 14.1 Å². The number of pyridine rings is 1. The zero-order valence-corrected chi connectivity index (χ0v) is 14.7. The fourth-order valence-electron chi connectivity index (χ4n) is 3.00. The first kappa shape index (κ1) is 16.5. The number of halogens is 1. The van der Waals surface area contributed by atoms with Gasteiger partial charge in [-0.15, -0.1) is 0 Å². The van der Waals surface area contributed by atoms with Crippen LogP contribution in [0.25, 0.3) is 11.4 Å². The van der Waals surface area contributed by atoms with Crippen LogP contribution in [0.3, 0.4) is 0 Å². The van der Waals surface area contributed by atoms with Gasteiger partial charge in [-0.25, -0.2) is 0 Å². The largest absolute Gasteiger partial charge is 0.495 e. The van der Waals surface area contributed by atoms with Gasteiger partial charge in [0.15, 0.2) is 0 Å². The van der Waals surface area contributed by atoms with Crippen LogP contribution < -0.4 is 9.64 Å². The molecule has 7 nitrogen and oxygen atoms in total. The highest BCUT2D eigenvalue weighted by Crippen LogP contribution is 2.37. The third-order valence-corrected chi connectivity index (χ3v) is 4.52. The van der Waals surface area contributed by atoms with Crippen molar-refractivity contribution in [3.8, 4) is 17.1 Å². The minimum absolute atomic E-state index is 0.0424. The van der Waals surface area contributed by atoms with Gasteiger partial charge in [-0.1, -0.05) is 16.8 Å². The van der Waals surface area contributed by atoms with E-state index in [2.05, 4.69) is 15.1 Å². The number of anilines is 1. The van der Waals surface area contributed by atoms with Crippen LogP contribution in [0.15, 0.2) is 47.2 Å². The average molecular weight is 371 g/mol. The Labute approximate surface area is 154 Å². The fourth-order valence-corrected chi connectivity index (χ4v) is 3.17. The topological polar surface area (TPSA) is 81.3 Å². The quantitative estimate of drug-likeness (QED) is 0.700. The van der Waals surface area contributed by atoms with Gasteiger partial charge in [0.05, 0.1) is 18.7 Å². The number of aromatic nitrogens is 3. The molecule has 1 amide bonds. The molecule has 1 aliphatic rings. The van der Waals surface area contributed by atoms with Gasteiger partial charge in [0.2, 0.25) is 17.6 Å². The summed E-state index contributed by atoms with van der Waals surface area (Å²) < 4.78 is 10.8. The molecule has 3 aromatic rings. The van der Waals surface area contributed by atoms with Crippen LogP contribution in [0.5, 0.6) is 5.75 Å². The van der Waals surface area contributed by atoms with Crippen LogP contribution in [0.2, 0.25) is 5.02 Å². The lowest BCUT2D eigenvalue weighted by Gasteiger charge is -2.19. The van der Waals surface area contributed by atoms with E-state index in [1.807, 2.05) is 0 Å². The van der Waals surface area contributed by atoms with Crippen molar-refractivity contribution in [3.05, 3.63) is 53.6 Å². The summed E-state index contributed by atoms with van der Waals surface area (Å²) in [5.41, 5.74) is 1.45. The van der Waals surface area contributed by atoms with Crippen LogP contribution in [-0.4, -0.2) is 34.7 Å². The molecule has 0 spiro atoms. The molecule has 1 aliphatic heterocycles. The minimum atomic E-state index is -0.186. The first-order valence-electron chi connectivity index (χ1n) is 8.03. The van der Waals surface area contributed by atoms with Gasteiger partial charge in [-0.2, -0.15) is 4.98 Å². The van der Waals surface area contributed by atoms with Crippen LogP contribution in [0.4, 0.5) is 5.69 Å². The third kappa shape index (κ3) is 3.01. The van der Waals surface area contributed by atoms with Crippen molar-refractivity contribution in [2.45, 2.75) is 12.3 Å². The highest BCUT2D eigenvalue weighted by atomic mass is 35.5. The zero-order chi connectivity index (χ0) is 18.1. The summed E-state index contributed by atoms with van der Waals surface area (Å²) in [5.74, 6) is 1.28. The number of ether oxygens (including phenoxy) is 1. The lowest BCUT2D eigenvalue weighted by Crippen LogP contribution is -2.24. The van der Waals surface area contributed by atoms with Gasteiger partial charge < -0.3 is 14.2 Å². The molecule has 26 heavy (non-hydrogen) atoms. The molecule has 0 unspecified atom stereocenters. The molecule has 1 fully saturated rings. The second kappa shape index (κ2) is 6.76. The van der Waals surface area contributed by atoms with Crippen molar-refractivity contribution in [1.29, 1.82) is 0 Å². The Balaban J connectivity index is 1.59. The number of hydrogen-bond acceptors (Lipinski definition) is 6. The van der Waals surface area contributed by atoms with E-state index in [-0.39, 0.29) is 18.2 Å². The molecule has 1 saturated heterocycles. The maximum atomic E-state index is 12.5. The van der Waals surface area contributed by atoms with Crippen LogP contribution in [0, 0.1) is 0 Å². The molecule has 1 atom stereocenters. The molecule has 0 saturated carbocycles. The molecule has 0 radical (unpaired) electrons. The number of amides is 1. The molecular formula is C18H15ClN4O3.